The first-order valence-electron chi connectivity index (χ1n) is 7.11. The van der Waals surface area contributed by atoms with Crippen molar-refractivity contribution in [1.29, 1.82) is 5.26 Å². The van der Waals surface area contributed by atoms with Gasteiger partial charge in [-0.3, -0.25) is 4.98 Å². The lowest BCUT2D eigenvalue weighted by molar-refractivity contribution is 1.04. The first kappa shape index (κ1) is 14.6. The van der Waals surface area contributed by atoms with E-state index < -0.39 is 0 Å². The Morgan fingerprint density at radius 2 is 1.77 bits per heavy atom. The Morgan fingerprint density at radius 1 is 1.05 bits per heavy atom. The van der Waals surface area contributed by atoms with Crippen molar-refractivity contribution < 1.29 is 0 Å². The molecule has 0 spiro atoms. The van der Waals surface area contributed by atoms with Gasteiger partial charge in [-0.05, 0) is 49.2 Å². The fourth-order valence-electron chi connectivity index (χ4n) is 2.68. The number of aryl methyl sites for hydroxylation is 2. The molecule has 3 heteroatoms. The summed E-state index contributed by atoms with van der Waals surface area (Å²) in [6.45, 7) is 3.98. The van der Waals surface area contributed by atoms with Crippen LogP contribution in [0.3, 0.4) is 0 Å². The minimum Gasteiger partial charge on any atom is -0.253 e. The molecular weight excluding hydrogens is 292 g/mol. The normalized spacial score (nSPS) is 12.1. The van der Waals surface area contributed by atoms with Crippen LogP contribution < -0.4 is 0 Å². The summed E-state index contributed by atoms with van der Waals surface area (Å²) in [7, 11) is 0. The molecule has 2 aromatic carbocycles. The number of benzene rings is 2. The van der Waals surface area contributed by atoms with Crippen LogP contribution in [0.1, 0.15) is 28.3 Å². The zero-order chi connectivity index (χ0) is 15.7. The third-order valence-electron chi connectivity index (χ3n) is 3.78. The van der Waals surface area contributed by atoms with Crippen LogP contribution in [0.25, 0.3) is 10.9 Å². The second-order valence-electron chi connectivity index (χ2n) is 5.49. The summed E-state index contributed by atoms with van der Waals surface area (Å²) in [5, 5.41) is 11.3. The Hall–Kier alpha value is -2.37. The Labute approximate surface area is 135 Å². The van der Waals surface area contributed by atoms with Gasteiger partial charge in [-0.15, -0.1) is 0 Å². The van der Waals surface area contributed by atoms with Crippen molar-refractivity contribution >= 4 is 22.5 Å². The predicted molar refractivity (Wildman–Crippen MR) is 90.1 cm³/mol. The maximum Gasteiger partial charge on any atom is 0.0969 e. The van der Waals surface area contributed by atoms with Crippen LogP contribution >= 0.6 is 11.6 Å². The average molecular weight is 307 g/mol. The van der Waals surface area contributed by atoms with E-state index in [1.807, 2.05) is 62.4 Å². The van der Waals surface area contributed by atoms with Crippen molar-refractivity contribution in [2.45, 2.75) is 19.8 Å². The van der Waals surface area contributed by atoms with Crippen molar-refractivity contribution in [3.05, 3.63) is 75.9 Å². The summed E-state index contributed by atoms with van der Waals surface area (Å²) in [5.41, 5.74) is 4.89. The predicted octanol–water partition coefficient (Wildman–Crippen LogP) is 5.16. The zero-order valence-corrected chi connectivity index (χ0v) is 13.2. The van der Waals surface area contributed by atoms with Crippen molar-refractivity contribution in [1.82, 2.24) is 4.98 Å². The Kier molecular flexibility index (Phi) is 3.83. The number of nitrogens with zero attached hydrogens (tertiary/aromatic N) is 2. The van der Waals surface area contributed by atoms with Gasteiger partial charge in [0.2, 0.25) is 0 Å². The molecule has 0 amide bonds. The number of rotatable bonds is 2. The highest BCUT2D eigenvalue weighted by molar-refractivity contribution is 6.31. The Balaban J connectivity index is 2.24. The van der Waals surface area contributed by atoms with Crippen LogP contribution in [0.4, 0.5) is 0 Å². The molecule has 108 valence electrons. The van der Waals surface area contributed by atoms with E-state index in [2.05, 4.69) is 11.1 Å². The largest absolute Gasteiger partial charge is 0.253 e. The molecule has 1 aromatic heterocycles. The average Bonchev–Trinajstić information content (AvgIpc) is 2.50. The summed E-state index contributed by atoms with van der Waals surface area (Å²) in [6, 6.07) is 18.1. The molecule has 2 nitrogen and oxygen atoms in total. The fourth-order valence-corrected chi connectivity index (χ4v) is 2.86. The molecule has 0 aliphatic carbocycles. The van der Waals surface area contributed by atoms with Crippen molar-refractivity contribution in [3.63, 3.8) is 0 Å². The highest BCUT2D eigenvalue weighted by Crippen LogP contribution is 2.32. The molecule has 0 bridgehead atoms. The summed E-state index contributed by atoms with van der Waals surface area (Å²) in [4.78, 5) is 4.53. The van der Waals surface area contributed by atoms with E-state index in [1.54, 1.807) is 0 Å². The SMILES string of the molecule is Cc1ccc(C(C#N)c2cc(C)nc3ccc(Cl)cc23)cc1. The van der Waals surface area contributed by atoms with E-state index in [1.165, 1.54) is 5.56 Å². The van der Waals surface area contributed by atoms with Gasteiger partial charge in [0.05, 0.1) is 17.5 Å². The third kappa shape index (κ3) is 2.68. The van der Waals surface area contributed by atoms with E-state index in [-0.39, 0.29) is 5.92 Å². The highest BCUT2D eigenvalue weighted by atomic mass is 35.5. The molecule has 22 heavy (non-hydrogen) atoms. The standard InChI is InChI=1S/C19H15ClN2/c1-12-3-5-14(6-4-12)18(11-21)16-9-13(2)22-19-8-7-15(20)10-17(16)19/h3-10,18H,1-2H3. The molecule has 1 unspecified atom stereocenters. The van der Waals surface area contributed by atoms with Crippen molar-refractivity contribution in [2.24, 2.45) is 0 Å². The van der Waals surface area contributed by atoms with Gasteiger partial charge in [-0.25, -0.2) is 0 Å². The molecule has 0 radical (unpaired) electrons. The fraction of sp³-hybridized carbons (Fsp3) is 0.158. The molecule has 3 rings (SSSR count). The number of halogens is 1. The maximum atomic E-state index is 9.72. The molecule has 0 saturated carbocycles. The van der Waals surface area contributed by atoms with Crippen LogP contribution in [0, 0.1) is 25.2 Å². The van der Waals surface area contributed by atoms with E-state index in [0.717, 1.165) is 27.7 Å². The minimum absolute atomic E-state index is 0.330. The van der Waals surface area contributed by atoms with Crippen LogP contribution in [-0.4, -0.2) is 4.98 Å². The Bertz CT molecular complexity index is 876. The number of hydrogen-bond acceptors (Lipinski definition) is 2. The molecule has 0 saturated heterocycles. The minimum atomic E-state index is -0.330. The van der Waals surface area contributed by atoms with Crippen LogP contribution in [0.5, 0.6) is 0 Å². The lowest BCUT2D eigenvalue weighted by Gasteiger charge is -2.14. The molecule has 0 aliphatic heterocycles. The van der Waals surface area contributed by atoms with Crippen LogP contribution in [0.2, 0.25) is 5.02 Å². The number of pyridine rings is 1. The molecule has 1 heterocycles. The van der Waals surface area contributed by atoms with Gasteiger partial charge in [0, 0.05) is 16.1 Å². The summed E-state index contributed by atoms with van der Waals surface area (Å²) in [6.07, 6.45) is 0. The van der Waals surface area contributed by atoms with Crippen molar-refractivity contribution in [3.8, 4) is 6.07 Å². The second kappa shape index (κ2) is 5.79. The zero-order valence-electron chi connectivity index (χ0n) is 12.5. The number of fused-ring (bicyclic) bond motifs is 1. The number of aromatic nitrogens is 1. The van der Waals surface area contributed by atoms with Crippen LogP contribution in [0.15, 0.2) is 48.5 Å². The van der Waals surface area contributed by atoms with Gasteiger partial charge in [0.15, 0.2) is 0 Å². The summed E-state index contributed by atoms with van der Waals surface area (Å²) >= 11 is 6.13. The summed E-state index contributed by atoms with van der Waals surface area (Å²) in [5.74, 6) is -0.330. The van der Waals surface area contributed by atoms with Gasteiger partial charge in [0.1, 0.15) is 0 Å². The van der Waals surface area contributed by atoms with Gasteiger partial charge in [0.25, 0.3) is 0 Å². The second-order valence-corrected chi connectivity index (χ2v) is 5.92. The molecule has 1 atom stereocenters. The maximum absolute atomic E-state index is 9.72. The van der Waals surface area contributed by atoms with E-state index in [4.69, 9.17) is 11.6 Å². The molecule has 0 N–H and O–H groups in total. The monoisotopic (exact) mass is 306 g/mol. The van der Waals surface area contributed by atoms with Crippen LogP contribution in [-0.2, 0) is 0 Å². The first-order valence-corrected chi connectivity index (χ1v) is 7.49. The Morgan fingerprint density at radius 3 is 2.45 bits per heavy atom. The summed E-state index contributed by atoms with van der Waals surface area (Å²) < 4.78 is 0. The highest BCUT2D eigenvalue weighted by Gasteiger charge is 2.17. The van der Waals surface area contributed by atoms with Gasteiger partial charge >= 0.3 is 0 Å². The topological polar surface area (TPSA) is 36.7 Å². The van der Waals surface area contributed by atoms with Crippen molar-refractivity contribution in [2.75, 3.05) is 0 Å². The van der Waals surface area contributed by atoms with Gasteiger partial charge < -0.3 is 0 Å². The first-order chi connectivity index (χ1) is 10.6. The third-order valence-corrected chi connectivity index (χ3v) is 4.02. The molecule has 3 aromatic rings. The molecular formula is C19H15ClN2. The quantitative estimate of drug-likeness (QED) is 0.655. The smallest absolute Gasteiger partial charge is 0.0969 e. The number of hydrogen-bond donors (Lipinski definition) is 0. The molecule has 0 aliphatic rings. The van der Waals surface area contributed by atoms with E-state index in [0.29, 0.717) is 5.02 Å². The molecule has 0 fully saturated rings. The van der Waals surface area contributed by atoms with Gasteiger partial charge in [-0.2, -0.15) is 5.26 Å². The van der Waals surface area contributed by atoms with E-state index >= 15 is 0 Å². The van der Waals surface area contributed by atoms with E-state index in [9.17, 15) is 5.26 Å². The lowest BCUT2D eigenvalue weighted by atomic mass is 9.89. The van der Waals surface area contributed by atoms with Gasteiger partial charge in [-0.1, -0.05) is 41.4 Å². The number of nitriles is 1. The lowest BCUT2D eigenvalue weighted by Crippen LogP contribution is -2.01.